The smallest absolute Gasteiger partial charge is 0.138 e. The number of pyridine rings is 1. The predicted octanol–water partition coefficient (Wildman–Crippen LogP) is 3.45. The fourth-order valence-corrected chi connectivity index (χ4v) is 1.55. The van der Waals surface area contributed by atoms with Crippen LogP contribution in [0.15, 0.2) is 53.7 Å². The second kappa shape index (κ2) is 5.19. The van der Waals surface area contributed by atoms with Gasteiger partial charge in [0.2, 0.25) is 0 Å². The number of thiocyanates is 1. The topological polar surface area (TPSA) is 45.9 Å². The molecule has 0 unspecified atom stereocenters. The second-order valence-corrected chi connectivity index (χ2v) is 3.81. The molecule has 4 heteroatoms. The molecule has 0 saturated heterocycles. The van der Waals surface area contributed by atoms with Crippen molar-refractivity contribution in [3.05, 3.63) is 48.8 Å². The van der Waals surface area contributed by atoms with Gasteiger partial charge in [-0.3, -0.25) is 4.98 Å². The third-order valence-electron chi connectivity index (χ3n) is 1.87. The highest BCUT2D eigenvalue weighted by molar-refractivity contribution is 8.03. The highest BCUT2D eigenvalue weighted by atomic mass is 32.2. The Morgan fingerprint density at radius 3 is 2.25 bits per heavy atom. The molecule has 0 aliphatic carbocycles. The van der Waals surface area contributed by atoms with Crippen LogP contribution in [0.3, 0.4) is 0 Å². The molecule has 2 rings (SSSR count). The Bertz CT molecular complexity index is 491. The summed E-state index contributed by atoms with van der Waals surface area (Å²) >= 11 is 1.13. The summed E-state index contributed by atoms with van der Waals surface area (Å²) in [7, 11) is 0. The van der Waals surface area contributed by atoms with Gasteiger partial charge in [-0.25, -0.2) is 0 Å². The lowest BCUT2D eigenvalue weighted by Crippen LogP contribution is -1.83. The number of nitrogens with zero attached hydrogens (tertiary/aromatic N) is 2. The van der Waals surface area contributed by atoms with Crippen LogP contribution in [-0.2, 0) is 0 Å². The third-order valence-corrected chi connectivity index (χ3v) is 2.47. The average molecular weight is 228 g/mol. The maximum atomic E-state index is 8.50. The van der Waals surface area contributed by atoms with E-state index in [4.69, 9.17) is 10.00 Å². The van der Waals surface area contributed by atoms with E-state index < -0.39 is 0 Å². The van der Waals surface area contributed by atoms with E-state index in [2.05, 4.69) is 4.98 Å². The molecule has 0 bridgehead atoms. The van der Waals surface area contributed by atoms with E-state index in [0.29, 0.717) is 0 Å². The fourth-order valence-electron chi connectivity index (χ4n) is 1.17. The maximum absolute atomic E-state index is 8.50. The summed E-state index contributed by atoms with van der Waals surface area (Å²) in [5, 5.41) is 10.5. The number of rotatable bonds is 3. The molecule has 2 aromatic rings. The van der Waals surface area contributed by atoms with Crippen LogP contribution < -0.4 is 4.74 Å². The van der Waals surface area contributed by atoms with Crippen molar-refractivity contribution in [2.24, 2.45) is 0 Å². The monoisotopic (exact) mass is 228 g/mol. The number of ether oxygens (including phenoxy) is 1. The van der Waals surface area contributed by atoms with Gasteiger partial charge in [0.1, 0.15) is 16.9 Å². The predicted molar refractivity (Wildman–Crippen MR) is 62.2 cm³/mol. The highest BCUT2D eigenvalue weighted by Crippen LogP contribution is 2.24. The first-order chi connectivity index (χ1) is 7.88. The van der Waals surface area contributed by atoms with Gasteiger partial charge in [-0.15, -0.1) is 0 Å². The summed E-state index contributed by atoms with van der Waals surface area (Å²) in [6.07, 6.45) is 3.35. The number of thioether (sulfide) groups is 1. The van der Waals surface area contributed by atoms with E-state index in [9.17, 15) is 0 Å². The summed E-state index contributed by atoms with van der Waals surface area (Å²) in [5.74, 6) is 1.49. The van der Waals surface area contributed by atoms with E-state index in [1.165, 1.54) is 0 Å². The molecule has 1 aromatic carbocycles. The molecular weight excluding hydrogens is 220 g/mol. The molecule has 1 heterocycles. The van der Waals surface area contributed by atoms with Gasteiger partial charge in [0.05, 0.1) is 0 Å². The van der Waals surface area contributed by atoms with Crippen molar-refractivity contribution in [3.8, 4) is 16.9 Å². The van der Waals surface area contributed by atoms with E-state index in [1.807, 2.05) is 29.7 Å². The summed E-state index contributed by atoms with van der Waals surface area (Å²) in [4.78, 5) is 4.81. The van der Waals surface area contributed by atoms with E-state index in [-0.39, 0.29) is 0 Å². The Morgan fingerprint density at radius 2 is 1.62 bits per heavy atom. The van der Waals surface area contributed by atoms with Crippen LogP contribution in [0.25, 0.3) is 0 Å². The maximum Gasteiger partial charge on any atom is 0.138 e. The van der Waals surface area contributed by atoms with Gasteiger partial charge in [-0.1, -0.05) is 0 Å². The lowest BCUT2D eigenvalue weighted by atomic mass is 10.3. The normalized spacial score (nSPS) is 9.44. The quantitative estimate of drug-likeness (QED) is 0.596. The van der Waals surface area contributed by atoms with Crippen molar-refractivity contribution in [3.63, 3.8) is 0 Å². The lowest BCUT2D eigenvalue weighted by molar-refractivity contribution is 0.481. The van der Waals surface area contributed by atoms with Crippen LogP contribution in [0.4, 0.5) is 0 Å². The number of aromatic nitrogens is 1. The number of hydrogen-bond acceptors (Lipinski definition) is 4. The fraction of sp³-hybridized carbons (Fsp3) is 0. The molecule has 78 valence electrons. The first-order valence-corrected chi connectivity index (χ1v) is 5.44. The van der Waals surface area contributed by atoms with Gasteiger partial charge in [0.25, 0.3) is 0 Å². The molecule has 0 atom stereocenters. The van der Waals surface area contributed by atoms with Gasteiger partial charge in [-0.2, -0.15) is 5.26 Å². The van der Waals surface area contributed by atoms with Gasteiger partial charge >= 0.3 is 0 Å². The number of hydrogen-bond donors (Lipinski definition) is 0. The number of nitriles is 1. The molecule has 0 radical (unpaired) electrons. The summed E-state index contributed by atoms with van der Waals surface area (Å²) in [5.41, 5.74) is 0. The van der Waals surface area contributed by atoms with Crippen molar-refractivity contribution in [1.82, 2.24) is 4.98 Å². The van der Waals surface area contributed by atoms with Crippen molar-refractivity contribution >= 4 is 11.8 Å². The Balaban J connectivity index is 2.09. The molecule has 0 amide bonds. The van der Waals surface area contributed by atoms with Crippen LogP contribution in [0.5, 0.6) is 11.5 Å². The van der Waals surface area contributed by atoms with Crippen molar-refractivity contribution in [2.75, 3.05) is 0 Å². The molecule has 0 spiro atoms. The molecule has 3 nitrogen and oxygen atoms in total. The van der Waals surface area contributed by atoms with Gasteiger partial charge in [-0.05, 0) is 48.2 Å². The SMILES string of the molecule is N#CSc1ccc(Oc2ccncc2)cc1. The van der Waals surface area contributed by atoms with Crippen LogP contribution >= 0.6 is 11.8 Å². The lowest BCUT2D eigenvalue weighted by Gasteiger charge is -2.04. The first kappa shape index (κ1) is 10.5. The zero-order valence-corrected chi connectivity index (χ0v) is 9.15. The largest absolute Gasteiger partial charge is 0.457 e. The minimum Gasteiger partial charge on any atom is -0.457 e. The summed E-state index contributed by atoms with van der Waals surface area (Å²) in [6, 6.07) is 10.9. The molecule has 16 heavy (non-hydrogen) atoms. The Morgan fingerprint density at radius 1 is 1.00 bits per heavy atom. The minimum atomic E-state index is 0.744. The molecule has 0 N–H and O–H groups in total. The average Bonchev–Trinajstić information content (AvgIpc) is 2.33. The second-order valence-electron chi connectivity index (χ2n) is 2.95. The molecule has 0 fully saturated rings. The van der Waals surface area contributed by atoms with Crippen molar-refractivity contribution < 1.29 is 4.74 Å². The van der Waals surface area contributed by atoms with E-state index >= 15 is 0 Å². The first-order valence-electron chi connectivity index (χ1n) is 4.62. The van der Waals surface area contributed by atoms with Gasteiger partial charge in [0.15, 0.2) is 0 Å². The Kier molecular flexibility index (Phi) is 3.42. The summed E-state index contributed by atoms with van der Waals surface area (Å²) < 4.78 is 5.58. The van der Waals surface area contributed by atoms with Crippen LogP contribution in [0.2, 0.25) is 0 Å². The molecular formula is C12H8N2OS. The zero-order valence-electron chi connectivity index (χ0n) is 8.33. The van der Waals surface area contributed by atoms with Crippen LogP contribution in [0.1, 0.15) is 0 Å². The van der Waals surface area contributed by atoms with Crippen LogP contribution in [0, 0.1) is 10.7 Å². The van der Waals surface area contributed by atoms with Crippen molar-refractivity contribution in [2.45, 2.75) is 4.90 Å². The van der Waals surface area contributed by atoms with E-state index in [0.717, 1.165) is 28.2 Å². The Hall–Kier alpha value is -1.99. The number of benzene rings is 1. The van der Waals surface area contributed by atoms with Gasteiger partial charge < -0.3 is 4.74 Å². The molecule has 0 aliphatic heterocycles. The molecule has 1 aromatic heterocycles. The Labute approximate surface area is 97.7 Å². The zero-order chi connectivity index (χ0) is 11.2. The third kappa shape index (κ3) is 2.75. The molecule has 0 aliphatic rings. The summed E-state index contributed by atoms with van der Waals surface area (Å²) in [6.45, 7) is 0. The highest BCUT2D eigenvalue weighted by Gasteiger charge is 1.97. The van der Waals surface area contributed by atoms with E-state index in [1.54, 1.807) is 24.5 Å². The standard InChI is InChI=1S/C12H8N2OS/c13-9-16-12-3-1-10(2-4-12)15-11-5-7-14-8-6-11/h1-8H. The van der Waals surface area contributed by atoms with Crippen LogP contribution in [-0.4, -0.2) is 4.98 Å². The van der Waals surface area contributed by atoms with Gasteiger partial charge in [0, 0.05) is 17.3 Å². The van der Waals surface area contributed by atoms with Crippen molar-refractivity contribution in [1.29, 1.82) is 5.26 Å². The minimum absolute atomic E-state index is 0.744. The molecule has 0 saturated carbocycles.